The number of ether oxygens (including phenoxy) is 1. The summed E-state index contributed by atoms with van der Waals surface area (Å²) in [4.78, 5) is 17.8. The van der Waals surface area contributed by atoms with Crippen LogP contribution in [0.5, 0.6) is 0 Å². The number of aromatic nitrogens is 2. The lowest BCUT2D eigenvalue weighted by Crippen LogP contribution is -2.27. The molecule has 3 heterocycles. The molecule has 0 atom stereocenters. The minimum Gasteiger partial charge on any atom is -0.376 e. The summed E-state index contributed by atoms with van der Waals surface area (Å²) in [6.45, 7) is 8.66. The van der Waals surface area contributed by atoms with Crippen molar-refractivity contribution in [3.8, 4) is 11.5 Å². The fourth-order valence-corrected chi connectivity index (χ4v) is 3.41. The summed E-state index contributed by atoms with van der Waals surface area (Å²) >= 11 is 1.53. The number of fused-ring (bicyclic) bond motifs is 1. The minimum atomic E-state index is -0.469. The van der Waals surface area contributed by atoms with Crippen LogP contribution in [0.1, 0.15) is 37.0 Å². The molecule has 0 unspecified atom stereocenters. The summed E-state index contributed by atoms with van der Waals surface area (Å²) in [6, 6.07) is 0. The van der Waals surface area contributed by atoms with Gasteiger partial charge in [-0.25, -0.2) is 0 Å². The Labute approximate surface area is 132 Å². The summed E-state index contributed by atoms with van der Waals surface area (Å²) in [5.41, 5.74) is 1.52. The Kier molecular flexibility index (Phi) is 3.78. The van der Waals surface area contributed by atoms with Crippen molar-refractivity contribution in [2.45, 2.75) is 40.7 Å². The molecule has 7 heteroatoms. The zero-order chi connectivity index (χ0) is 15.9. The first-order valence-corrected chi connectivity index (χ1v) is 8.02. The van der Waals surface area contributed by atoms with Crippen LogP contribution >= 0.6 is 11.3 Å². The quantitative estimate of drug-likeness (QED) is 0.919. The normalized spacial score (nSPS) is 14.7. The van der Waals surface area contributed by atoms with Gasteiger partial charge in [0.25, 0.3) is 5.89 Å². The van der Waals surface area contributed by atoms with E-state index in [0.29, 0.717) is 24.9 Å². The number of anilines is 1. The lowest BCUT2D eigenvalue weighted by molar-refractivity contribution is -0.123. The zero-order valence-corrected chi connectivity index (χ0v) is 14.0. The van der Waals surface area contributed by atoms with E-state index < -0.39 is 5.41 Å². The molecule has 0 bridgehead atoms. The first-order chi connectivity index (χ1) is 10.4. The van der Waals surface area contributed by atoms with E-state index in [0.717, 1.165) is 27.4 Å². The van der Waals surface area contributed by atoms with Gasteiger partial charge in [0.1, 0.15) is 5.00 Å². The molecule has 1 amide bonds. The van der Waals surface area contributed by atoms with Crippen molar-refractivity contribution in [1.82, 2.24) is 10.1 Å². The number of thiophene rings is 1. The van der Waals surface area contributed by atoms with Gasteiger partial charge >= 0.3 is 0 Å². The van der Waals surface area contributed by atoms with Crippen LogP contribution in [-0.2, 0) is 22.6 Å². The number of nitrogens with zero attached hydrogens (tertiary/aromatic N) is 2. The van der Waals surface area contributed by atoms with E-state index in [1.165, 1.54) is 11.3 Å². The number of nitrogens with one attached hydrogen (secondary N) is 1. The Morgan fingerprint density at radius 1 is 1.36 bits per heavy atom. The molecule has 0 saturated carbocycles. The van der Waals surface area contributed by atoms with Crippen molar-refractivity contribution >= 4 is 22.2 Å². The van der Waals surface area contributed by atoms with E-state index >= 15 is 0 Å². The molecule has 1 aliphatic heterocycles. The van der Waals surface area contributed by atoms with Gasteiger partial charge in [-0.05, 0) is 18.9 Å². The molecule has 0 radical (unpaired) electrons. The van der Waals surface area contributed by atoms with Crippen molar-refractivity contribution in [3.05, 3.63) is 16.3 Å². The largest absolute Gasteiger partial charge is 0.376 e. The smallest absolute Gasteiger partial charge is 0.261 e. The van der Waals surface area contributed by atoms with E-state index in [1.807, 2.05) is 20.8 Å². The second kappa shape index (κ2) is 5.48. The number of carbonyl (C=O) groups excluding carboxylic acids is 1. The number of rotatable bonds is 2. The molecule has 3 rings (SSSR count). The predicted molar refractivity (Wildman–Crippen MR) is 83.8 cm³/mol. The van der Waals surface area contributed by atoms with Crippen LogP contribution < -0.4 is 5.32 Å². The van der Waals surface area contributed by atoms with Crippen LogP contribution in [0, 0.1) is 12.3 Å². The molecule has 1 N–H and O–H groups in total. The van der Waals surface area contributed by atoms with Crippen LogP contribution in [0.2, 0.25) is 0 Å². The highest BCUT2D eigenvalue weighted by atomic mass is 32.1. The van der Waals surface area contributed by atoms with Gasteiger partial charge in [0, 0.05) is 10.3 Å². The maximum Gasteiger partial charge on any atom is 0.261 e. The van der Waals surface area contributed by atoms with Crippen LogP contribution in [0.25, 0.3) is 11.5 Å². The van der Waals surface area contributed by atoms with Gasteiger partial charge in [0.05, 0.1) is 18.8 Å². The van der Waals surface area contributed by atoms with E-state index in [2.05, 4.69) is 15.5 Å². The highest BCUT2D eigenvalue weighted by molar-refractivity contribution is 7.17. The molecule has 0 aromatic carbocycles. The summed E-state index contributed by atoms with van der Waals surface area (Å²) in [5, 5.41) is 7.64. The lowest BCUT2D eigenvalue weighted by atomic mass is 9.95. The van der Waals surface area contributed by atoms with Crippen molar-refractivity contribution in [1.29, 1.82) is 0 Å². The Morgan fingerprint density at radius 3 is 2.77 bits per heavy atom. The third kappa shape index (κ3) is 2.78. The van der Waals surface area contributed by atoms with Gasteiger partial charge in [-0.3, -0.25) is 4.79 Å². The van der Waals surface area contributed by atoms with Crippen molar-refractivity contribution in [2.24, 2.45) is 5.41 Å². The summed E-state index contributed by atoms with van der Waals surface area (Å²) in [6.07, 6.45) is 0.786. The summed E-state index contributed by atoms with van der Waals surface area (Å²) in [5.74, 6) is 1.00. The molecular weight excluding hydrogens is 302 g/mol. The first kappa shape index (κ1) is 15.2. The van der Waals surface area contributed by atoms with Gasteiger partial charge < -0.3 is 14.6 Å². The van der Waals surface area contributed by atoms with Crippen LogP contribution in [0.3, 0.4) is 0 Å². The standard InChI is InChI=1S/C15H19N3O3S/c1-8-16-12(21-18-8)11-9-5-6-20-7-10(9)22-13(11)17-14(19)15(2,3)4/h5-7H2,1-4H3,(H,17,19). The van der Waals surface area contributed by atoms with Crippen LogP contribution in [0.15, 0.2) is 4.52 Å². The fourth-order valence-electron chi connectivity index (χ4n) is 2.24. The van der Waals surface area contributed by atoms with Crippen molar-refractivity contribution in [3.63, 3.8) is 0 Å². The molecule has 118 valence electrons. The fraction of sp³-hybridized carbons (Fsp3) is 0.533. The molecule has 6 nitrogen and oxygen atoms in total. The SMILES string of the molecule is Cc1noc(-c2c(NC(=O)C(C)(C)C)sc3c2CCOC3)n1. The highest BCUT2D eigenvalue weighted by Gasteiger charge is 2.29. The van der Waals surface area contributed by atoms with Gasteiger partial charge in [-0.2, -0.15) is 4.98 Å². The molecule has 2 aromatic rings. The number of aryl methyl sites for hydroxylation is 1. The summed E-state index contributed by atoms with van der Waals surface area (Å²) in [7, 11) is 0. The topological polar surface area (TPSA) is 77.2 Å². The average Bonchev–Trinajstić information content (AvgIpc) is 3.00. The number of hydrogen-bond donors (Lipinski definition) is 1. The molecule has 0 fully saturated rings. The number of carbonyl (C=O) groups is 1. The Bertz CT molecular complexity index is 712. The predicted octanol–water partition coefficient (Wildman–Crippen LogP) is 3.16. The van der Waals surface area contributed by atoms with Crippen molar-refractivity contribution < 1.29 is 14.1 Å². The second-order valence-corrected chi connectivity index (χ2v) is 7.47. The lowest BCUT2D eigenvalue weighted by Gasteiger charge is -2.17. The maximum atomic E-state index is 12.3. The summed E-state index contributed by atoms with van der Waals surface area (Å²) < 4.78 is 10.8. The van der Waals surface area contributed by atoms with Gasteiger partial charge in [-0.15, -0.1) is 11.3 Å². The van der Waals surface area contributed by atoms with E-state index in [1.54, 1.807) is 6.92 Å². The molecule has 2 aromatic heterocycles. The van der Waals surface area contributed by atoms with E-state index in [4.69, 9.17) is 9.26 Å². The zero-order valence-electron chi connectivity index (χ0n) is 13.1. The van der Waals surface area contributed by atoms with Crippen LogP contribution in [0.4, 0.5) is 5.00 Å². The van der Waals surface area contributed by atoms with E-state index in [-0.39, 0.29) is 5.91 Å². The van der Waals surface area contributed by atoms with Crippen molar-refractivity contribution in [2.75, 3.05) is 11.9 Å². The minimum absolute atomic E-state index is 0.0375. The molecule has 0 saturated heterocycles. The van der Waals surface area contributed by atoms with E-state index in [9.17, 15) is 4.79 Å². The Balaban J connectivity index is 2.05. The van der Waals surface area contributed by atoms with Gasteiger partial charge in [0.15, 0.2) is 5.82 Å². The van der Waals surface area contributed by atoms with Gasteiger partial charge in [0.2, 0.25) is 5.91 Å². The number of hydrogen-bond acceptors (Lipinski definition) is 6. The average molecular weight is 321 g/mol. The first-order valence-electron chi connectivity index (χ1n) is 7.20. The molecule has 22 heavy (non-hydrogen) atoms. The monoisotopic (exact) mass is 321 g/mol. The number of amides is 1. The Hall–Kier alpha value is -1.73. The third-order valence-electron chi connectivity index (χ3n) is 3.47. The Morgan fingerprint density at radius 2 is 2.14 bits per heavy atom. The van der Waals surface area contributed by atoms with Gasteiger partial charge in [-0.1, -0.05) is 25.9 Å². The maximum absolute atomic E-state index is 12.3. The van der Waals surface area contributed by atoms with Crippen LogP contribution in [-0.4, -0.2) is 22.7 Å². The highest BCUT2D eigenvalue weighted by Crippen LogP contribution is 2.42. The molecule has 0 spiro atoms. The second-order valence-electron chi connectivity index (χ2n) is 6.36. The molecular formula is C15H19N3O3S. The molecule has 1 aliphatic rings. The molecule has 0 aliphatic carbocycles. The third-order valence-corrected chi connectivity index (χ3v) is 4.59.